The molecule has 2 aromatic carbocycles. The average molecular weight is 561 g/mol. The van der Waals surface area contributed by atoms with Crippen molar-refractivity contribution in [2.24, 2.45) is 0 Å². The van der Waals surface area contributed by atoms with Gasteiger partial charge in [0.15, 0.2) is 17.3 Å². The quantitative estimate of drug-likeness (QED) is 0.285. The van der Waals surface area contributed by atoms with Crippen molar-refractivity contribution in [1.82, 2.24) is 10.2 Å². The monoisotopic (exact) mass is 560 g/mol. The lowest BCUT2D eigenvalue weighted by Crippen LogP contribution is -2.46. The number of nitrogens with zero attached hydrogens (tertiary/aromatic N) is 1. The summed E-state index contributed by atoms with van der Waals surface area (Å²) in [7, 11) is 1.57. The second kappa shape index (κ2) is 10.1. The molecule has 1 amide bonds. The summed E-state index contributed by atoms with van der Waals surface area (Å²) in [6.45, 7) is 6.88. The smallest absolute Gasteiger partial charge is 0.253 e. The number of nitrogens with one attached hydrogen (secondary N) is 1. The van der Waals surface area contributed by atoms with Gasteiger partial charge in [0.05, 0.1) is 18.2 Å². The maximum Gasteiger partial charge on any atom is 0.253 e. The zero-order valence-corrected chi connectivity index (χ0v) is 23.6. The number of allylic oxidation sites excluding steroid dienone is 4. The van der Waals surface area contributed by atoms with E-state index in [4.69, 9.17) is 9.47 Å². The minimum absolute atomic E-state index is 0.00722. The van der Waals surface area contributed by atoms with Gasteiger partial charge in [0.25, 0.3) is 5.91 Å². The third-order valence-corrected chi connectivity index (χ3v) is 8.30. The van der Waals surface area contributed by atoms with Gasteiger partial charge in [-0.2, -0.15) is 0 Å². The van der Waals surface area contributed by atoms with E-state index in [1.807, 2.05) is 0 Å². The third-order valence-electron chi connectivity index (χ3n) is 8.30. The standard InChI is InChI=1S/C31H32N2O8/c1-15-26(36)24(17(3)34)28-25(27(15)37)31(4)22(41-28)14-21(35)23(29(31)38)16(2)32-19-10-12-33(13-11-19)30(39)18-6-8-20(40-5)9-7-18/h6-9,14,19,32,36-37H,10-13H2,1-5H3/b23-16+/t31-/m0/s1. The molecule has 2 aromatic rings. The minimum atomic E-state index is -1.57. The Balaban J connectivity index is 1.38. The molecule has 0 unspecified atom stereocenters. The van der Waals surface area contributed by atoms with E-state index < -0.39 is 28.5 Å². The fourth-order valence-electron chi connectivity index (χ4n) is 5.88. The molecule has 1 saturated heterocycles. The predicted octanol–water partition coefficient (Wildman–Crippen LogP) is 3.47. The Morgan fingerprint density at radius 1 is 1.07 bits per heavy atom. The lowest BCUT2D eigenvalue weighted by atomic mass is 9.70. The van der Waals surface area contributed by atoms with Crippen molar-refractivity contribution < 1.29 is 38.9 Å². The van der Waals surface area contributed by atoms with Crippen LogP contribution in [-0.4, -0.2) is 64.6 Å². The van der Waals surface area contributed by atoms with E-state index in [2.05, 4.69) is 5.32 Å². The first-order chi connectivity index (χ1) is 19.4. The third kappa shape index (κ3) is 4.34. The number of methoxy groups -OCH3 is 1. The summed E-state index contributed by atoms with van der Waals surface area (Å²) in [5.41, 5.74) is -0.737. The number of phenols is 2. The Morgan fingerprint density at radius 3 is 2.29 bits per heavy atom. The summed E-state index contributed by atoms with van der Waals surface area (Å²) < 4.78 is 11.0. The number of ether oxygens (including phenoxy) is 2. The maximum atomic E-state index is 14.0. The average Bonchev–Trinajstić information content (AvgIpc) is 3.24. The van der Waals surface area contributed by atoms with Crippen molar-refractivity contribution in [3.8, 4) is 23.0 Å². The van der Waals surface area contributed by atoms with Gasteiger partial charge in [-0.05, 0) is 64.8 Å². The molecule has 1 fully saturated rings. The Kier molecular flexibility index (Phi) is 6.89. The maximum absolute atomic E-state index is 14.0. The molecular formula is C31H32N2O8. The molecule has 2 aliphatic heterocycles. The normalized spacial score (nSPS) is 21.5. The van der Waals surface area contributed by atoms with Crippen LogP contribution in [0.1, 0.15) is 65.5 Å². The first kappa shape index (κ1) is 27.9. The van der Waals surface area contributed by atoms with Crippen LogP contribution in [0.5, 0.6) is 23.0 Å². The number of rotatable bonds is 5. The highest BCUT2D eigenvalue weighted by Crippen LogP contribution is 2.57. The van der Waals surface area contributed by atoms with Crippen molar-refractivity contribution in [2.45, 2.75) is 52.0 Å². The number of carbonyl (C=O) groups excluding carboxylic acids is 4. The van der Waals surface area contributed by atoms with Crippen molar-refractivity contribution in [2.75, 3.05) is 20.2 Å². The van der Waals surface area contributed by atoms with E-state index in [-0.39, 0.29) is 51.5 Å². The molecule has 10 nitrogen and oxygen atoms in total. The molecule has 3 aliphatic rings. The number of aromatic hydroxyl groups is 2. The van der Waals surface area contributed by atoms with Crippen molar-refractivity contribution in [3.05, 3.63) is 69.6 Å². The van der Waals surface area contributed by atoms with Crippen LogP contribution in [-0.2, 0) is 15.0 Å². The molecule has 3 N–H and O–H groups in total. The van der Waals surface area contributed by atoms with E-state index in [9.17, 15) is 29.4 Å². The number of fused-ring (bicyclic) bond motifs is 3. The van der Waals surface area contributed by atoms with E-state index in [0.717, 1.165) is 0 Å². The summed E-state index contributed by atoms with van der Waals surface area (Å²) in [4.78, 5) is 54.3. The number of benzene rings is 2. The summed E-state index contributed by atoms with van der Waals surface area (Å²) in [6, 6.07) is 6.87. The molecule has 10 heteroatoms. The fraction of sp³-hybridized carbons (Fsp3) is 0.355. The van der Waals surface area contributed by atoms with Crippen LogP contribution in [0.2, 0.25) is 0 Å². The van der Waals surface area contributed by atoms with Crippen LogP contribution in [0.15, 0.2) is 47.4 Å². The Labute approximate surface area is 237 Å². The van der Waals surface area contributed by atoms with Crippen LogP contribution < -0.4 is 14.8 Å². The number of hydrogen-bond donors (Lipinski definition) is 3. The molecule has 5 rings (SSSR count). The van der Waals surface area contributed by atoms with Gasteiger partial charge < -0.3 is 29.9 Å². The Hall–Kier alpha value is -4.60. The second-order valence-electron chi connectivity index (χ2n) is 10.8. The minimum Gasteiger partial charge on any atom is -0.507 e. The molecule has 0 radical (unpaired) electrons. The van der Waals surface area contributed by atoms with Gasteiger partial charge in [-0.25, -0.2) is 0 Å². The molecule has 0 bridgehead atoms. The van der Waals surface area contributed by atoms with Gasteiger partial charge in [-0.3, -0.25) is 19.2 Å². The van der Waals surface area contributed by atoms with Crippen molar-refractivity contribution >= 4 is 23.3 Å². The number of Topliss-reactive ketones (excluding diaryl/α,β-unsaturated/α-hetero) is 2. The van der Waals surface area contributed by atoms with E-state index in [1.165, 1.54) is 26.8 Å². The van der Waals surface area contributed by atoms with Crippen LogP contribution in [0.4, 0.5) is 0 Å². The van der Waals surface area contributed by atoms with Crippen LogP contribution >= 0.6 is 0 Å². The van der Waals surface area contributed by atoms with Crippen molar-refractivity contribution in [3.63, 3.8) is 0 Å². The number of hydrogen-bond acceptors (Lipinski definition) is 9. The topological polar surface area (TPSA) is 142 Å². The molecule has 0 spiro atoms. The predicted molar refractivity (Wildman–Crippen MR) is 148 cm³/mol. The molecule has 1 aliphatic carbocycles. The zero-order chi connectivity index (χ0) is 29.8. The molecule has 41 heavy (non-hydrogen) atoms. The SMILES string of the molecule is COc1ccc(C(=O)N2CCC(N/C(C)=C3\C(=O)C=C4Oc5c(C(C)=O)c(O)c(C)c(O)c5[C@@]4(C)C3=O)CC2)cc1. The highest BCUT2D eigenvalue weighted by molar-refractivity contribution is 6.31. The van der Waals surface area contributed by atoms with E-state index >= 15 is 0 Å². The van der Waals surface area contributed by atoms with Crippen molar-refractivity contribution in [1.29, 1.82) is 0 Å². The van der Waals surface area contributed by atoms with Gasteiger partial charge in [0.2, 0.25) is 0 Å². The van der Waals surface area contributed by atoms with E-state index in [1.54, 1.807) is 43.2 Å². The number of carbonyl (C=O) groups is 4. The number of piperidine rings is 1. The summed E-state index contributed by atoms with van der Waals surface area (Å²) in [5, 5.41) is 24.8. The molecule has 0 aromatic heterocycles. The van der Waals surface area contributed by atoms with Crippen LogP contribution in [0, 0.1) is 6.92 Å². The first-order valence-electron chi connectivity index (χ1n) is 13.4. The summed E-state index contributed by atoms with van der Waals surface area (Å²) in [6.07, 6.45) is 2.43. The summed E-state index contributed by atoms with van der Waals surface area (Å²) >= 11 is 0. The molecule has 214 valence electrons. The van der Waals surface area contributed by atoms with Gasteiger partial charge in [0, 0.05) is 42.0 Å². The number of ketones is 3. The highest BCUT2D eigenvalue weighted by atomic mass is 16.5. The second-order valence-corrected chi connectivity index (χ2v) is 10.8. The fourth-order valence-corrected chi connectivity index (χ4v) is 5.88. The van der Waals surface area contributed by atoms with Crippen LogP contribution in [0.25, 0.3) is 0 Å². The van der Waals surface area contributed by atoms with Crippen LogP contribution in [0.3, 0.4) is 0 Å². The highest BCUT2D eigenvalue weighted by Gasteiger charge is 2.56. The molecule has 2 heterocycles. The van der Waals surface area contributed by atoms with Gasteiger partial charge in [0.1, 0.15) is 39.7 Å². The lowest BCUT2D eigenvalue weighted by Gasteiger charge is -2.34. The zero-order valence-electron chi connectivity index (χ0n) is 23.6. The molecule has 1 atom stereocenters. The molecular weight excluding hydrogens is 528 g/mol. The Bertz CT molecular complexity index is 1560. The largest absolute Gasteiger partial charge is 0.507 e. The summed E-state index contributed by atoms with van der Waals surface area (Å²) in [5.74, 6) is -1.96. The number of likely N-dealkylation sites (tertiary alicyclic amines) is 1. The molecule has 0 saturated carbocycles. The number of phenolic OH excluding ortho intramolecular Hbond substituents is 2. The van der Waals surface area contributed by atoms with Gasteiger partial charge in [-0.1, -0.05) is 0 Å². The van der Waals surface area contributed by atoms with E-state index in [0.29, 0.717) is 42.9 Å². The lowest BCUT2D eigenvalue weighted by molar-refractivity contribution is -0.123. The van der Waals surface area contributed by atoms with Gasteiger partial charge >= 0.3 is 0 Å². The van der Waals surface area contributed by atoms with Gasteiger partial charge in [-0.15, -0.1) is 0 Å². The Morgan fingerprint density at radius 2 is 1.71 bits per heavy atom. The number of amides is 1. The first-order valence-corrected chi connectivity index (χ1v) is 13.4.